The van der Waals surface area contributed by atoms with Crippen molar-refractivity contribution < 1.29 is 10.0 Å². The van der Waals surface area contributed by atoms with Gasteiger partial charge in [0.1, 0.15) is 0 Å². The summed E-state index contributed by atoms with van der Waals surface area (Å²) in [5.41, 5.74) is 0.223. The molecule has 1 aliphatic carbocycles. The molecule has 0 bridgehead atoms. The van der Waals surface area contributed by atoms with E-state index < -0.39 is 10.5 Å². The van der Waals surface area contributed by atoms with Crippen LogP contribution in [0.4, 0.5) is 11.5 Å². The van der Waals surface area contributed by atoms with Gasteiger partial charge in [-0.2, -0.15) is 0 Å². The third-order valence-corrected chi connectivity index (χ3v) is 3.46. The Kier molecular flexibility index (Phi) is 3.47. The summed E-state index contributed by atoms with van der Waals surface area (Å²) in [4.78, 5) is 14.7. The number of nitrogens with one attached hydrogen (secondary N) is 1. The van der Waals surface area contributed by atoms with E-state index in [0.29, 0.717) is 5.69 Å². The third kappa shape index (κ3) is 2.43. The molecule has 98 valence electrons. The minimum absolute atomic E-state index is 0.0280. The van der Waals surface area contributed by atoms with Gasteiger partial charge in [0.25, 0.3) is 0 Å². The van der Waals surface area contributed by atoms with Crippen molar-refractivity contribution in [2.24, 2.45) is 0 Å². The molecule has 6 heteroatoms. The lowest BCUT2D eigenvalue weighted by Crippen LogP contribution is -2.39. The molecule has 6 nitrogen and oxygen atoms in total. The molecule has 0 radical (unpaired) electrons. The second-order valence-corrected chi connectivity index (χ2v) is 4.85. The van der Waals surface area contributed by atoms with Gasteiger partial charge >= 0.3 is 5.69 Å². The highest BCUT2D eigenvalue weighted by Gasteiger charge is 2.35. The van der Waals surface area contributed by atoms with Gasteiger partial charge in [0.2, 0.25) is 5.82 Å². The van der Waals surface area contributed by atoms with Crippen LogP contribution in [-0.2, 0) is 0 Å². The summed E-state index contributed by atoms with van der Waals surface area (Å²) in [6.07, 6.45) is 3.67. The molecule has 0 unspecified atom stereocenters. The summed E-state index contributed by atoms with van der Waals surface area (Å²) in [6, 6.07) is 3.06. The number of pyridine rings is 1. The first-order valence-electron chi connectivity index (χ1n) is 6.07. The van der Waals surface area contributed by atoms with Crippen LogP contribution in [0.1, 0.15) is 31.4 Å². The second-order valence-electron chi connectivity index (χ2n) is 4.85. The zero-order valence-corrected chi connectivity index (χ0v) is 10.3. The summed E-state index contributed by atoms with van der Waals surface area (Å²) in [5, 5.41) is 23.6. The Balaban J connectivity index is 2.32. The Hall–Kier alpha value is -1.69. The number of hydrogen-bond acceptors (Lipinski definition) is 5. The summed E-state index contributed by atoms with van der Waals surface area (Å²) < 4.78 is 0. The Morgan fingerprint density at radius 2 is 2.17 bits per heavy atom. The third-order valence-electron chi connectivity index (χ3n) is 3.46. The maximum absolute atomic E-state index is 11.0. The number of anilines is 1. The largest absolute Gasteiger partial charge is 0.394 e. The maximum atomic E-state index is 11.0. The fourth-order valence-corrected chi connectivity index (χ4v) is 2.41. The van der Waals surface area contributed by atoms with E-state index in [1.165, 1.54) is 6.07 Å². The lowest BCUT2D eigenvalue weighted by atomic mass is 9.99. The van der Waals surface area contributed by atoms with Crippen LogP contribution in [0.15, 0.2) is 12.1 Å². The van der Waals surface area contributed by atoms with Crippen molar-refractivity contribution in [3.05, 3.63) is 27.9 Å². The summed E-state index contributed by atoms with van der Waals surface area (Å²) >= 11 is 0. The molecular weight excluding hydrogens is 234 g/mol. The monoisotopic (exact) mass is 251 g/mol. The number of nitrogens with zero attached hydrogens (tertiary/aromatic N) is 2. The van der Waals surface area contributed by atoms with Crippen molar-refractivity contribution in [2.75, 3.05) is 11.9 Å². The molecular formula is C12H17N3O3. The molecule has 0 aliphatic heterocycles. The predicted octanol–water partition coefficient (Wildman–Crippen LogP) is 2.02. The molecule has 1 heterocycles. The first-order valence-corrected chi connectivity index (χ1v) is 6.07. The van der Waals surface area contributed by atoms with Crippen LogP contribution in [0.3, 0.4) is 0 Å². The van der Waals surface area contributed by atoms with E-state index in [2.05, 4.69) is 10.3 Å². The van der Waals surface area contributed by atoms with Crippen LogP contribution in [0.2, 0.25) is 0 Å². The van der Waals surface area contributed by atoms with E-state index >= 15 is 0 Å². The van der Waals surface area contributed by atoms with Crippen molar-refractivity contribution >= 4 is 11.5 Å². The van der Waals surface area contributed by atoms with Gasteiger partial charge in [0.05, 0.1) is 17.1 Å². The predicted molar refractivity (Wildman–Crippen MR) is 67.5 cm³/mol. The quantitative estimate of drug-likeness (QED) is 0.631. The van der Waals surface area contributed by atoms with Gasteiger partial charge in [-0.3, -0.25) is 10.1 Å². The average Bonchev–Trinajstić information content (AvgIpc) is 2.78. The minimum atomic E-state index is -0.453. The highest BCUT2D eigenvalue weighted by Crippen LogP contribution is 2.34. The minimum Gasteiger partial charge on any atom is -0.394 e. The molecule has 0 aromatic carbocycles. The van der Waals surface area contributed by atoms with Crippen LogP contribution in [0, 0.1) is 17.0 Å². The molecule has 2 rings (SSSR count). The lowest BCUT2D eigenvalue weighted by Gasteiger charge is -2.28. The van der Waals surface area contributed by atoms with Crippen molar-refractivity contribution in [2.45, 2.75) is 38.1 Å². The molecule has 1 saturated carbocycles. The zero-order chi connectivity index (χ0) is 13.2. The number of aryl methyl sites for hydroxylation is 1. The van der Waals surface area contributed by atoms with E-state index in [9.17, 15) is 15.2 Å². The fourth-order valence-electron chi connectivity index (χ4n) is 2.41. The number of rotatable bonds is 4. The smallest absolute Gasteiger partial charge is 0.311 e. The zero-order valence-electron chi connectivity index (χ0n) is 10.3. The van der Waals surface area contributed by atoms with E-state index in [-0.39, 0.29) is 18.1 Å². The molecule has 1 aliphatic rings. The van der Waals surface area contributed by atoms with Gasteiger partial charge in [-0.05, 0) is 25.8 Å². The maximum Gasteiger partial charge on any atom is 0.311 e. The van der Waals surface area contributed by atoms with Gasteiger partial charge < -0.3 is 10.4 Å². The first kappa shape index (κ1) is 12.8. The number of nitro groups is 1. The van der Waals surface area contributed by atoms with E-state index in [4.69, 9.17) is 0 Å². The van der Waals surface area contributed by atoms with Crippen molar-refractivity contribution in [3.8, 4) is 0 Å². The van der Waals surface area contributed by atoms with Crippen molar-refractivity contribution in [3.63, 3.8) is 0 Å². The highest BCUT2D eigenvalue weighted by atomic mass is 16.6. The Labute approximate surface area is 105 Å². The summed E-state index contributed by atoms with van der Waals surface area (Å²) in [7, 11) is 0. The van der Waals surface area contributed by atoms with Crippen molar-refractivity contribution in [1.29, 1.82) is 0 Å². The summed E-state index contributed by atoms with van der Waals surface area (Å²) in [5.74, 6) is 0.260. The lowest BCUT2D eigenvalue weighted by molar-refractivity contribution is -0.384. The molecule has 1 aromatic rings. The van der Waals surface area contributed by atoms with Gasteiger partial charge in [-0.15, -0.1) is 0 Å². The molecule has 2 N–H and O–H groups in total. The summed E-state index contributed by atoms with van der Waals surface area (Å²) in [6.45, 7) is 1.76. The SMILES string of the molecule is Cc1ccc([N+](=O)[O-])c(NC2(CO)CCCC2)n1. The van der Waals surface area contributed by atoms with Crippen LogP contribution in [-0.4, -0.2) is 27.2 Å². The molecule has 1 aromatic heterocycles. The Morgan fingerprint density at radius 1 is 1.50 bits per heavy atom. The van der Waals surface area contributed by atoms with Crippen LogP contribution in [0.25, 0.3) is 0 Å². The van der Waals surface area contributed by atoms with Gasteiger partial charge in [-0.1, -0.05) is 12.8 Å². The van der Waals surface area contributed by atoms with Gasteiger partial charge in [0.15, 0.2) is 0 Å². The van der Waals surface area contributed by atoms with E-state index in [0.717, 1.165) is 25.7 Å². The molecule has 1 fully saturated rings. The topological polar surface area (TPSA) is 88.3 Å². The Bertz CT molecular complexity index is 456. The average molecular weight is 251 g/mol. The van der Waals surface area contributed by atoms with Gasteiger partial charge in [0, 0.05) is 11.8 Å². The number of aliphatic hydroxyl groups is 1. The van der Waals surface area contributed by atoms with Crippen LogP contribution in [0.5, 0.6) is 0 Å². The van der Waals surface area contributed by atoms with Crippen molar-refractivity contribution in [1.82, 2.24) is 4.98 Å². The molecule has 0 spiro atoms. The number of aromatic nitrogens is 1. The number of aliphatic hydroxyl groups excluding tert-OH is 1. The normalized spacial score (nSPS) is 17.7. The highest BCUT2D eigenvalue weighted by molar-refractivity contribution is 5.57. The molecule has 18 heavy (non-hydrogen) atoms. The van der Waals surface area contributed by atoms with E-state index in [1.54, 1.807) is 13.0 Å². The molecule has 0 amide bonds. The first-order chi connectivity index (χ1) is 8.56. The Morgan fingerprint density at radius 3 is 2.72 bits per heavy atom. The standard InChI is InChI=1S/C12H17N3O3/c1-9-4-5-10(15(17)18)11(13-9)14-12(8-16)6-2-3-7-12/h4-5,16H,2-3,6-8H2,1H3,(H,13,14). The molecule has 0 atom stereocenters. The molecule has 0 saturated heterocycles. The van der Waals surface area contributed by atoms with Crippen LogP contribution >= 0.6 is 0 Å². The van der Waals surface area contributed by atoms with Crippen LogP contribution < -0.4 is 5.32 Å². The fraction of sp³-hybridized carbons (Fsp3) is 0.583. The number of hydrogen-bond donors (Lipinski definition) is 2. The second kappa shape index (κ2) is 4.89. The van der Waals surface area contributed by atoms with Gasteiger partial charge in [-0.25, -0.2) is 4.98 Å². The van der Waals surface area contributed by atoms with E-state index in [1.807, 2.05) is 0 Å².